The predicted octanol–water partition coefficient (Wildman–Crippen LogP) is 3.42. The van der Waals surface area contributed by atoms with Gasteiger partial charge in [0.2, 0.25) is 5.78 Å². The molecule has 5 heteroatoms. The summed E-state index contributed by atoms with van der Waals surface area (Å²) >= 11 is 0. The molecule has 1 fully saturated rings. The van der Waals surface area contributed by atoms with Gasteiger partial charge in [-0.05, 0) is 43.4 Å². The molecule has 0 radical (unpaired) electrons. The van der Waals surface area contributed by atoms with Crippen molar-refractivity contribution in [3.8, 4) is 0 Å². The first kappa shape index (κ1) is 16.0. The lowest BCUT2D eigenvalue weighted by atomic mass is 9.89. The van der Waals surface area contributed by atoms with Gasteiger partial charge in [0.05, 0.1) is 10.6 Å². The summed E-state index contributed by atoms with van der Waals surface area (Å²) in [5, 5.41) is 0. The summed E-state index contributed by atoms with van der Waals surface area (Å²) in [5.74, 6) is 0.159. The van der Waals surface area contributed by atoms with Gasteiger partial charge in [-0.25, -0.2) is 8.42 Å². The van der Waals surface area contributed by atoms with Gasteiger partial charge in [-0.3, -0.25) is 9.52 Å². The van der Waals surface area contributed by atoms with E-state index in [1.54, 1.807) is 31.2 Å². The van der Waals surface area contributed by atoms with Gasteiger partial charge in [0.25, 0.3) is 10.0 Å². The molecule has 1 saturated carbocycles. The average molecular weight is 331 g/mol. The zero-order chi connectivity index (χ0) is 16.4. The van der Waals surface area contributed by atoms with Gasteiger partial charge >= 0.3 is 0 Å². The number of carbonyl (C=O) groups is 1. The highest BCUT2D eigenvalue weighted by Gasteiger charge is 2.29. The van der Waals surface area contributed by atoms with Crippen molar-refractivity contribution in [1.82, 2.24) is 4.72 Å². The Labute approximate surface area is 137 Å². The van der Waals surface area contributed by atoms with Crippen LogP contribution in [-0.2, 0) is 14.8 Å². The number of benzene rings is 1. The number of sulfonamides is 1. The molecule has 0 unspecified atom stereocenters. The quantitative estimate of drug-likeness (QED) is 0.863. The molecule has 1 N–H and O–H groups in total. The molecule has 1 aromatic rings. The minimum Gasteiger partial charge on any atom is -0.288 e. The van der Waals surface area contributed by atoms with Crippen LogP contribution in [0.2, 0.25) is 0 Å². The number of nitrogens with one attached hydrogen (secondary N) is 1. The van der Waals surface area contributed by atoms with Gasteiger partial charge in [-0.1, -0.05) is 43.5 Å². The second kappa shape index (κ2) is 6.32. The van der Waals surface area contributed by atoms with Gasteiger partial charge in [0, 0.05) is 5.56 Å². The molecule has 0 spiro atoms. The maximum absolute atomic E-state index is 12.5. The third-order valence-corrected chi connectivity index (χ3v) is 6.02. The topological polar surface area (TPSA) is 63.2 Å². The van der Waals surface area contributed by atoms with E-state index in [0.29, 0.717) is 17.1 Å². The molecule has 1 aliphatic carbocycles. The van der Waals surface area contributed by atoms with E-state index in [2.05, 4.69) is 4.72 Å². The fraction of sp³-hybridized carbons (Fsp3) is 0.389. The molecule has 1 aromatic carbocycles. The van der Waals surface area contributed by atoms with Gasteiger partial charge in [0.1, 0.15) is 0 Å². The molecule has 0 aromatic heterocycles. The van der Waals surface area contributed by atoms with Crippen molar-refractivity contribution in [2.45, 2.75) is 43.9 Å². The van der Waals surface area contributed by atoms with Gasteiger partial charge in [0.15, 0.2) is 0 Å². The Morgan fingerprint density at radius 2 is 1.87 bits per heavy atom. The van der Waals surface area contributed by atoms with E-state index in [0.717, 1.165) is 12.8 Å². The maximum atomic E-state index is 12.5. The number of hydrogen-bond donors (Lipinski definition) is 1. The van der Waals surface area contributed by atoms with Crippen LogP contribution in [0.4, 0.5) is 0 Å². The van der Waals surface area contributed by atoms with Crippen molar-refractivity contribution >= 4 is 21.4 Å². The van der Waals surface area contributed by atoms with E-state index < -0.39 is 10.0 Å². The molecular weight excluding hydrogens is 310 g/mol. The van der Waals surface area contributed by atoms with E-state index in [4.69, 9.17) is 0 Å². The van der Waals surface area contributed by atoms with Crippen LogP contribution >= 0.6 is 0 Å². The monoisotopic (exact) mass is 331 g/mol. The van der Waals surface area contributed by atoms with Gasteiger partial charge < -0.3 is 0 Å². The Bertz CT molecular complexity index is 784. The van der Waals surface area contributed by atoms with Crippen molar-refractivity contribution in [3.63, 3.8) is 0 Å². The molecule has 1 heterocycles. The van der Waals surface area contributed by atoms with E-state index in [-0.39, 0.29) is 16.4 Å². The molecule has 1 aliphatic heterocycles. The van der Waals surface area contributed by atoms with E-state index in [9.17, 15) is 13.2 Å². The summed E-state index contributed by atoms with van der Waals surface area (Å²) in [6.45, 7) is 1.78. The Hall–Kier alpha value is -1.88. The summed E-state index contributed by atoms with van der Waals surface area (Å²) in [7, 11) is -3.67. The third-order valence-electron chi connectivity index (χ3n) is 4.61. The minimum atomic E-state index is -3.67. The lowest BCUT2D eigenvalue weighted by Gasteiger charge is -2.22. The van der Waals surface area contributed by atoms with Crippen molar-refractivity contribution < 1.29 is 13.2 Å². The van der Waals surface area contributed by atoms with Crippen molar-refractivity contribution in [1.29, 1.82) is 0 Å². The van der Waals surface area contributed by atoms with E-state index in [1.807, 2.05) is 6.08 Å². The van der Waals surface area contributed by atoms with Crippen LogP contribution in [0.15, 0.2) is 47.0 Å². The number of allylic oxidation sites excluding steroid dienone is 3. The zero-order valence-electron chi connectivity index (χ0n) is 13.2. The first-order valence-electron chi connectivity index (χ1n) is 8.04. The highest BCUT2D eigenvalue weighted by atomic mass is 32.2. The number of fused-ring (bicyclic) bond motifs is 1. The zero-order valence-corrected chi connectivity index (χ0v) is 14.0. The number of hydrogen-bond acceptors (Lipinski definition) is 3. The van der Waals surface area contributed by atoms with Crippen LogP contribution in [0.25, 0.3) is 5.57 Å². The first-order chi connectivity index (χ1) is 11.0. The first-order valence-corrected chi connectivity index (χ1v) is 9.53. The fourth-order valence-electron chi connectivity index (χ4n) is 3.28. The normalized spacial score (nSPS) is 21.1. The highest BCUT2D eigenvalue weighted by Crippen LogP contribution is 2.31. The number of rotatable bonds is 3. The summed E-state index contributed by atoms with van der Waals surface area (Å²) in [5.41, 5.74) is 1.44. The van der Waals surface area contributed by atoms with Crippen LogP contribution in [-0.4, -0.2) is 14.2 Å². The molecule has 23 heavy (non-hydrogen) atoms. The summed E-state index contributed by atoms with van der Waals surface area (Å²) < 4.78 is 27.1. The second-order valence-corrected chi connectivity index (χ2v) is 7.87. The molecule has 0 bridgehead atoms. The second-order valence-electron chi connectivity index (χ2n) is 6.22. The molecule has 0 amide bonds. The van der Waals surface area contributed by atoms with Crippen LogP contribution < -0.4 is 4.72 Å². The Kier molecular flexibility index (Phi) is 4.39. The Morgan fingerprint density at radius 3 is 2.61 bits per heavy atom. The minimum absolute atomic E-state index is 0.163. The average Bonchev–Trinajstić information content (AvgIpc) is 2.57. The highest BCUT2D eigenvalue weighted by molar-refractivity contribution is 7.89. The smallest absolute Gasteiger partial charge is 0.262 e. The molecule has 0 atom stereocenters. The van der Waals surface area contributed by atoms with Crippen LogP contribution in [0.3, 0.4) is 0 Å². The fourth-order valence-corrected chi connectivity index (χ4v) is 4.68. The van der Waals surface area contributed by atoms with Crippen molar-refractivity contribution in [2.75, 3.05) is 0 Å². The predicted molar refractivity (Wildman–Crippen MR) is 90.1 cm³/mol. The molecule has 0 saturated heterocycles. The molecule has 4 nitrogen and oxygen atoms in total. The van der Waals surface area contributed by atoms with Gasteiger partial charge in [-0.2, -0.15) is 0 Å². The van der Waals surface area contributed by atoms with Crippen LogP contribution in [0.1, 0.15) is 44.6 Å². The number of ketones is 1. The number of carbonyl (C=O) groups excluding carboxylic acids is 1. The standard InChI is InChI=1S/C18H21NO3S/c1-13-15-9-5-6-10-17(15)23(21,22)19-18(13)16(20)12-11-14-7-3-2-4-8-14/h5-6,9-12,14,19H,2-4,7-8H2,1H3/b12-11+. The van der Waals surface area contributed by atoms with E-state index >= 15 is 0 Å². The van der Waals surface area contributed by atoms with Gasteiger partial charge in [-0.15, -0.1) is 0 Å². The largest absolute Gasteiger partial charge is 0.288 e. The summed E-state index contributed by atoms with van der Waals surface area (Å²) in [4.78, 5) is 12.7. The van der Waals surface area contributed by atoms with Crippen LogP contribution in [0, 0.1) is 5.92 Å². The SMILES string of the molecule is CC1=C(C(=O)/C=C/C2CCCCC2)NS(=O)(=O)c2ccccc21. The summed E-state index contributed by atoms with van der Waals surface area (Å²) in [6, 6.07) is 6.76. The third kappa shape index (κ3) is 3.24. The summed E-state index contributed by atoms with van der Waals surface area (Å²) in [6.07, 6.45) is 9.35. The molecular formula is C18H21NO3S. The Balaban J connectivity index is 1.90. The van der Waals surface area contributed by atoms with Crippen molar-refractivity contribution in [2.24, 2.45) is 5.92 Å². The van der Waals surface area contributed by atoms with Crippen LogP contribution in [0.5, 0.6) is 0 Å². The van der Waals surface area contributed by atoms with Crippen molar-refractivity contribution in [3.05, 3.63) is 47.7 Å². The molecule has 3 rings (SSSR count). The lowest BCUT2D eigenvalue weighted by molar-refractivity contribution is -0.111. The Morgan fingerprint density at radius 1 is 1.17 bits per heavy atom. The molecule has 122 valence electrons. The van der Waals surface area contributed by atoms with E-state index in [1.165, 1.54) is 25.3 Å². The molecule has 2 aliphatic rings. The lowest BCUT2D eigenvalue weighted by Crippen LogP contribution is -2.32. The maximum Gasteiger partial charge on any atom is 0.262 e.